The van der Waals surface area contributed by atoms with Crippen LogP contribution in [0, 0.1) is 11.6 Å². The molecule has 100 valence electrons. The molecule has 18 heavy (non-hydrogen) atoms. The van der Waals surface area contributed by atoms with E-state index in [1.54, 1.807) is 0 Å². The number of hydrogen-bond acceptors (Lipinski definition) is 1. The standard InChI is InChI=1S/C13H16BrF2NO/c1-8(14)13(2,3)17-12(18)7-9-4-5-10(15)11(16)6-9/h4-6,8H,7H2,1-3H3,(H,17,18). The van der Waals surface area contributed by atoms with E-state index in [0.717, 1.165) is 12.1 Å². The molecule has 1 aromatic carbocycles. The summed E-state index contributed by atoms with van der Waals surface area (Å²) in [5.41, 5.74) is 0.0415. The van der Waals surface area contributed by atoms with E-state index >= 15 is 0 Å². The van der Waals surface area contributed by atoms with Crippen LogP contribution in [-0.4, -0.2) is 16.3 Å². The first kappa shape index (κ1) is 15.1. The van der Waals surface area contributed by atoms with Crippen molar-refractivity contribution in [2.45, 2.75) is 37.6 Å². The zero-order chi connectivity index (χ0) is 13.9. The van der Waals surface area contributed by atoms with Crippen molar-refractivity contribution in [2.24, 2.45) is 0 Å². The normalized spacial score (nSPS) is 13.2. The van der Waals surface area contributed by atoms with Crippen LogP contribution in [0.1, 0.15) is 26.3 Å². The Kier molecular flexibility index (Phi) is 4.85. The number of carbonyl (C=O) groups excluding carboxylic acids is 1. The number of amides is 1. The van der Waals surface area contributed by atoms with Crippen molar-refractivity contribution in [3.63, 3.8) is 0 Å². The van der Waals surface area contributed by atoms with Gasteiger partial charge in [-0.25, -0.2) is 8.78 Å². The van der Waals surface area contributed by atoms with Crippen LogP contribution in [0.2, 0.25) is 0 Å². The van der Waals surface area contributed by atoms with Crippen LogP contribution < -0.4 is 5.32 Å². The average Bonchev–Trinajstić information content (AvgIpc) is 2.22. The van der Waals surface area contributed by atoms with Gasteiger partial charge in [-0.2, -0.15) is 0 Å². The van der Waals surface area contributed by atoms with Gasteiger partial charge in [0.2, 0.25) is 5.91 Å². The van der Waals surface area contributed by atoms with Gasteiger partial charge in [0.1, 0.15) is 0 Å². The van der Waals surface area contributed by atoms with Gasteiger partial charge in [-0.15, -0.1) is 0 Å². The van der Waals surface area contributed by atoms with Crippen molar-refractivity contribution in [3.05, 3.63) is 35.4 Å². The van der Waals surface area contributed by atoms with Gasteiger partial charge in [-0.3, -0.25) is 4.79 Å². The minimum Gasteiger partial charge on any atom is -0.350 e. The van der Waals surface area contributed by atoms with Crippen molar-refractivity contribution in [3.8, 4) is 0 Å². The molecule has 1 amide bonds. The molecule has 1 N–H and O–H groups in total. The predicted molar refractivity (Wildman–Crippen MR) is 70.7 cm³/mol. The topological polar surface area (TPSA) is 29.1 Å². The molecule has 1 aromatic rings. The fourth-order valence-electron chi connectivity index (χ4n) is 1.34. The second kappa shape index (κ2) is 5.78. The van der Waals surface area contributed by atoms with E-state index < -0.39 is 17.2 Å². The summed E-state index contributed by atoms with van der Waals surface area (Å²) in [6.45, 7) is 5.70. The van der Waals surface area contributed by atoms with E-state index in [1.807, 2.05) is 20.8 Å². The lowest BCUT2D eigenvalue weighted by Gasteiger charge is -2.29. The maximum atomic E-state index is 13.0. The van der Waals surface area contributed by atoms with E-state index in [4.69, 9.17) is 0 Å². The Labute approximate surface area is 114 Å². The molecule has 0 saturated carbocycles. The predicted octanol–water partition coefficient (Wildman–Crippen LogP) is 3.19. The molecule has 2 nitrogen and oxygen atoms in total. The minimum atomic E-state index is -0.937. The second-order valence-electron chi connectivity index (χ2n) is 4.81. The summed E-state index contributed by atoms with van der Waals surface area (Å²) in [5.74, 6) is -2.07. The van der Waals surface area contributed by atoms with Crippen molar-refractivity contribution < 1.29 is 13.6 Å². The Morgan fingerprint density at radius 1 is 1.39 bits per heavy atom. The molecular formula is C13H16BrF2NO. The van der Waals surface area contributed by atoms with Gasteiger partial charge in [-0.05, 0) is 31.5 Å². The Morgan fingerprint density at radius 3 is 2.50 bits per heavy atom. The number of alkyl halides is 1. The highest BCUT2D eigenvalue weighted by atomic mass is 79.9. The highest BCUT2D eigenvalue weighted by Gasteiger charge is 2.25. The molecule has 1 atom stereocenters. The first-order valence-electron chi connectivity index (χ1n) is 5.61. The molecule has 0 saturated heterocycles. The monoisotopic (exact) mass is 319 g/mol. The lowest BCUT2D eigenvalue weighted by Crippen LogP contribution is -2.49. The smallest absolute Gasteiger partial charge is 0.224 e. The molecule has 1 rings (SSSR count). The summed E-state index contributed by atoms with van der Waals surface area (Å²) in [6.07, 6.45) is 0.0281. The Hall–Kier alpha value is -0.970. The van der Waals surface area contributed by atoms with Gasteiger partial charge in [0, 0.05) is 10.4 Å². The van der Waals surface area contributed by atoms with Crippen molar-refractivity contribution >= 4 is 21.8 Å². The first-order valence-corrected chi connectivity index (χ1v) is 6.53. The molecule has 0 aliphatic carbocycles. The van der Waals surface area contributed by atoms with E-state index in [0.29, 0.717) is 5.56 Å². The third-order valence-corrected chi connectivity index (χ3v) is 3.95. The van der Waals surface area contributed by atoms with Crippen molar-refractivity contribution in [1.82, 2.24) is 5.32 Å². The van der Waals surface area contributed by atoms with Gasteiger partial charge in [-0.1, -0.05) is 28.9 Å². The molecule has 0 radical (unpaired) electrons. The number of hydrogen-bond donors (Lipinski definition) is 1. The number of carbonyl (C=O) groups is 1. The van der Waals surface area contributed by atoms with Crippen molar-refractivity contribution in [2.75, 3.05) is 0 Å². The molecule has 0 aliphatic heterocycles. The molecule has 0 aliphatic rings. The number of rotatable bonds is 4. The largest absolute Gasteiger partial charge is 0.350 e. The average molecular weight is 320 g/mol. The molecule has 0 aromatic heterocycles. The summed E-state index contributed by atoms with van der Waals surface area (Å²) >= 11 is 3.41. The van der Waals surface area contributed by atoms with Gasteiger partial charge < -0.3 is 5.32 Å². The molecule has 0 bridgehead atoms. The number of benzene rings is 1. The minimum absolute atomic E-state index is 0.0281. The third-order valence-electron chi connectivity index (χ3n) is 2.80. The van der Waals surface area contributed by atoms with E-state index in [9.17, 15) is 13.6 Å². The summed E-state index contributed by atoms with van der Waals surface area (Å²) < 4.78 is 25.7. The van der Waals surface area contributed by atoms with Crippen molar-refractivity contribution in [1.29, 1.82) is 0 Å². The lowest BCUT2D eigenvalue weighted by atomic mass is 10.0. The van der Waals surface area contributed by atoms with E-state index in [-0.39, 0.29) is 17.2 Å². The number of halogens is 3. The number of nitrogens with one attached hydrogen (secondary N) is 1. The van der Waals surface area contributed by atoms with Crippen LogP contribution in [-0.2, 0) is 11.2 Å². The fraction of sp³-hybridized carbons (Fsp3) is 0.462. The van der Waals surface area contributed by atoms with Crippen LogP contribution in [0.25, 0.3) is 0 Å². The highest BCUT2D eigenvalue weighted by molar-refractivity contribution is 9.09. The zero-order valence-electron chi connectivity index (χ0n) is 10.6. The third kappa shape index (κ3) is 4.05. The van der Waals surface area contributed by atoms with Crippen LogP contribution in [0.5, 0.6) is 0 Å². The molecule has 0 spiro atoms. The van der Waals surface area contributed by atoms with Crippen LogP contribution in [0.4, 0.5) is 8.78 Å². The van der Waals surface area contributed by atoms with Crippen LogP contribution in [0.15, 0.2) is 18.2 Å². The SMILES string of the molecule is CC(Br)C(C)(C)NC(=O)Cc1ccc(F)c(F)c1. The molecule has 0 fully saturated rings. The van der Waals surface area contributed by atoms with E-state index in [1.165, 1.54) is 6.07 Å². The maximum absolute atomic E-state index is 13.0. The first-order chi connectivity index (χ1) is 8.22. The highest BCUT2D eigenvalue weighted by Crippen LogP contribution is 2.17. The summed E-state index contributed by atoms with van der Waals surface area (Å²) in [7, 11) is 0. The van der Waals surface area contributed by atoms with E-state index in [2.05, 4.69) is 21.2 Å². The van der Waals surface area contributed by atoms with Crippen LogP contribution >= 0.6 is 15.9 Å². The summed E-state index contributed by atoms with van der Waals surface area (Å²) in [6, 6.07) is 3.47. The summed E-state index contributed by atoms with van der Waals surface area (Å²) in [4.78, 5) is 11.9. The Balaban J connectivity index is 2.68. The molecular weight excluding hydrogens is 304 g/mol. The molecule has 1 unspecified atom stereocenters. The maximum Gasteiger partial charge on any atom is 0.224 e. The second-order valence-corrected chi connectivity index (χ2v) is 6.18. The lowest BCUT2D eigenvalue weighted by molar-refractivity contribution is -0.121. The van der Waals surface area contributed by atoms with Gasteiger partial charge in [0.25, 0.3) is 0 Å². The Morgan fingerprint density at radius 2 is 2.00 bits per heavy atom. The molecule has 0 heterocycles. The van der Waals surface area contributed by atoms with Gasteiger partial charge in [0.05, 0.1) is 6.42 Å². The Bertz CT molecular complexity index is 447. The molecule has 5 heteroatoms. The van der Waals surface area contributed by atoms with Crippen LogP contribution in [0.3, 0.4) is 0 Å². The quantitative estimate of drug-likeness (QED) is 0.848. The van der Waals surface area contributed by atoms with Gasteiger partial charge in [0.15, 0.2) is 11.6 Å². The summed E-state index contributed by atoms with van der Waals surface area (Å²) in [5, 5.41) is 2.84. The zero-order valence-corrected chi connectivity index (χ0v) is 12.1. The fourth-order valence-corrected chi connectivity index (χ4v) is 1.45. The van der Waals surface area contributed by atoms with Gasteiger partial charge >= 0.3 is 0 Å².